The van der Waals surface area contributed by atoms with E-state index < -0.39 is 10.0 Å². The number of primary sulfonamides is 1. The summed E-state index contributed by atoms with van der Waals surface area (Å²) in [5, 5.41) is 10.1. The first-order valence-corrected chi connectivity index (χ1v) is 12.4. The summed E-state index contributed by atoms with van der Waals surface area (Å²) >= 11 is 0. The molecular weight excluding hydrogens is 408 g/mol. The third-order valence-electron chi connectivity index (χ3n) is 6.08. The third kappa shape index (κ3) is 5.42. The smallest absolute Gasteiger partial charge is 0.238 e. The van der Waals surface area contributed by atoms with E-state index in [0.29, 0.717) is 6.04 Å². The molecule has 164 valence electrons. The molecule has 6 nitrogen and oxygen atoms in total. The van der Waals surface area contributed by atoms with Crippen molar-refractivity contribution in [2.75, 3.05) is 7.05 Å². The van der Waals surface area contributed by atoms with Gasteiger partial charge in [-0.1, -0.05) is 49.6 Å². The third-order valence-corrected chi connectivity index (χ3v) is 7.01. The van der Waals surface area contributed by atoms with E-state index in [2.05, 4.69) is 30.1 Å². The van der Waals surface area contributed by atoms with Crippen molar-refractivity contribution in [1.82, 2.24) is 14.7 Å². The molecule has 0 bridgehead atoms. The van der Waals surface area contributed by atoms with Gasteiger partial charge in [0.1, 0.15) is 0 Å². The predicted octanol–water partition coefficient (Wildman–Crippen LogP) is 3.88. The molecule has 4 rings (SSSR count). The number of rotatable bonds is 7. The lowest BCUT2D eigenvalue weighted by atomic mass is 9.94. The SMILES string of the molecule is CN(Cc1cc(Cc2ccccc2)n(-c2ccc(S(N)(=O)=O)cc2)n1)C1CCCCC1. The molecule has 1 aliphatic rings. The highest BCUT2D eigenvalue weighted by atomic mass is 32.2. The number of hydrogen-bond acceptors (Lipinski definition) is 4. The van der Waals surface area contributed by atoms with Crippen molar-refractivity contribution < 1.29 is 8.42 Å². The van der Waals surface area contributed by atoms with Crippen LogP contribution in [0.4, 0.5) is 0 Å². The Bertz CT molecular complexity index is 1100. The fraction of sp³-hybridized carbons (Fsp3) is 0.375. The number of aromatic nitrogens is 2. The lowest BCUT2D eigenvalue weighted by Crippen LogP contribution is -2.33. The quantitative estimate of drug-likeness (QED) is 0.607. The van der Waals surface area contributed by atoms with Crippen molar-refractivity contribution in [2.24, 2.45) is 5.14 Å². The van der Waals surface area contributed by atoms with Crippen molar-refractivity contribution in [3.63, 3.8) is 0 Å². The van der Waals surface area contributed by atoms with Crippen LogP contribution in [0.15, 0.2) is 65.6 Å². The van der Waals surface area contributed by atoms with Crippen LogP contribution in [0.1, 0.15) is 49.1 Å². The molecule has 7 heteroatoms. The van der Waals surface area contributed by atoms with Crippen LogP contribution < -0.4 is 5.14 Å². The lowest BCUT2D eigenvalue weighted by molar-refractivity contribution is 0.182. The topological polar surface area (TPSA) is 81.2 Å². The minimum absolute atomic E-state index is 0.102. The monoisotopic (exact) mass is 438 g/mol. The molecule has 3 aromatic rings. The van der Waals surface area contributed by atoms with Crippen molar-refractivity contribution in [3.8, 4) is 5.69 Å². The highest BCUT2D eigenvalue weighted by Gasteiger charge is 2.20. The lowest BCUT2D eigenvalue weighted by Gasteiger charge is -2.30. The summed E-state index contributed by atoms with van der Waals surface area (Å²) in [6.07, 6.45) is 7.21. The van der Waals surface area contributed by atoms with Crippen LogP contribution >= 0.6 is 0 Å². The van der Waals surface area contributed by atoms with Crippen LogP contribution in [-0.2, 0) is 23.0 Å². The first-order chi connectivity index (χ1) is 14.9. The molecule has 2 N–H and O–H groups in total. The summed E-state index contributed by atoms with van der Waals surface area (Å²) in [6, 6.07) is 19.7. The Morgan fingerprint density at radius 1 is 1.03 bits per heavy atom. The van der Waals surface area contributed by atoms with Gasteiger partial charge >= 0.3 is 0 Å². The van der Waals surface area contributed by atoms with Crippen molar-refractivity contribution in [1.29, 1.82) is 0 Å². The van der Waals surface area contributed by atoms with Gasteiger partial charge in [0.25, 0.3) is 0 Å². The number of nitrogens with two attached hydrogens (primary N) is 1. The normalized spacial score (nSPS) is 15.5. The molecular formula is C24H30N4O2S. The summed E-state index contributed by atoms with van der Waals surface area (Å²) in [4.78, 5) is 2.52. The van der Waals surface area contributed by atoms with Gasteiger partial charge in [-0.05, 0) is 55.8 Å². The van der Waals surface area contributed by atoms with E-state index in [4.69, 9.17) is 10.2 Å². The molecule has 0 atom stereocenters. The second-order valence-corrected chi connectivity index (χ2v) is 10.0. The zero-order valence-corrected chi connectivity index (χ0v) is 18.8. The van der Waals surface area contributed by atoms with E-state index in [1.54, 1.807) is 12.1 Å². The summed E-state index contributed by atoms with van der Waals surface area (Å²) in [6.45, 7) is 0.800. The minimum atomic E-state index is -3.72. The van der Waals surface area contributed by atoms with Gasteiger partial charge in [0.05, 0.1) is 16.3 Å². The molecule has 1 aliphatic carbocycles. The molecule has 1 fully saturated rings. The van der Waals surface area contributed by atoms with E-state index in [-0.39, 0.29) is 4.90 Å². The molecule has 0 radical (unpaired) electrons. The maximum atomic E-state index is 11.6. The maximum Gasteiger partial charge on any atom is 0.238 e. The molecule has 1 heterocycles. The predicted molar refractivity (Wildman–Crippen MR) is 123 cm³/mol. The Hall–Kier alpha value is -2.48. The van der Waals surface area contributed by atoms with Crippen LogP contribution in [0, 0.1) is 0 Å². The van der Waals surface area contributed by atoms with Crippen molar-refractivity contribution >= 4 is 10.0 Å². The number of sulfonamides is 1. The number of benzene rings is 2. The second kappa shape index (κ2) is 9.34. The summed E-state index contributed by atoms with van der Waals surface area (Å²) in [5.74, 6) is 0. The molecule has 1 saturated carbocycles. The van der Waals surface area contributed by atoms with Gasteiger partial charge in [0, 0.05) is 24.7 Å². The minimum Gasteiger partial charge on any atom is -0.298 e. The fourth-order valence-electron chi connectivity index (χ4n) is 4.39. The van der Waals surface area contributed by atoms with E-state index in [1.807, 2.05) is 22.9 Å². The average molecular weight is 439 g/mol. The summed E-state index contributed by atoms with van der Waals surface area (Å²) in [7, 11) is -1.53. The van der Waals surface area contributed by atoms with Gasteiger partial charge < -0.3 is 0 Å². The fourth-order valence-corrected chi connectivity index (χ4v) is 4.91. The van der Waals surface area contributed by atoms with Gasteiger partial charge in [-0.15, -0.1) is 0 Å². The summed E-state index contributed by atoms with van der Waals surface area (Å²) in [5.41, 5.74) is 4.12. The Labute approximate surface area is 184 Å². The van der Waals surface area contributed by atoms with Crippen LogP contribution in [-0.4, -0.2) is 36.2 Å². The first-order valence-electron chi connectivity index (χ1n) is 10.9. The largest absolute Gasteiger partial charge is 0.298 e. The van der Waals surface area contributed by atoms with E-state index in [9.17, 15) is 8.42 Å². The standard InChI is InChI=1S/C24H30N4O2S/c1-27(21-10-6-3-7-11-21)18-20-17-23(16-19-8-4-2-5-9-19)28(26-20)22-12-14-24(15-13-22)31(25,29)30/h2,4-5,8-9,12-15,17,21H,3,6-7,10-11,16,18H2,1H3,(H2,25,29,30). The second-order valence-electron chi connectivity index (χ2n) is 8.45. The molecule has 0 spiro atoms. The van der Waals surface area contributed by atoms with Crippen LogP contribution in [0.2, 0.25) is 0 Å². The van der Waals surface area contributed by atoms with Gasteiger partial charge in [-0.25, -0.2) is 18.2 Å². The van der Waals surface area contributed by atoms with Crippen LogP contribution in [0.25, 0.3) is 5.69 Å². The van der Waals surface area contributed by atoms with Crippen LogP contribution in [0.5, 0.6) is 0 Å². The van der Waals surface area contributed by atoms with Gasteiger partial charge in [0.2, 0.25) is 10.0 Å². The number of hydrogen-bond donors (Lipinski definition) is 1. The summed E-state index contributed by atoms with van der Waals surface area (Å²) < 4.78 is 25.1. The molecule has 31 heavy (non-hydrogen) atoms. The van der Waals surface area contributed by atoms with Crippen molar-refractivity contribution in [2.45, 2.75) is 56.0 Å². The average Bonchev–Trinajstić information content (AvgIpc) is 3.16. The molecule has 2 aromatic carbocycles. The highest BCUT2D eigenvalue weighted by Crippen LogP contribution is 2.24. The Morgan fingerprint density at radius 2 is 1.71 bits per heavy atom. The molecule has 0 aliphatic heterocycles. The number of nitrogens with zero attached hydrogens (tertiary/aromatic N) is 3. The highest BCUT2D eigenvalue weighted by molar-refractivity contribution is 7.89. The van der Waals surface area contributed by atoms with Crippen molar-refractivity contribution in [3.05, 3.63) is 77.6 Å². The van der Waals surface area contributed by atoms with E-state index >= 15 is 0 Å². The van der Waals surface area contributed by atoms with Crippen LogP contribution in [0.3, 0.4) is 0 Å². The Balaban J connectivity index is 1.63. The molecule has 0 saturated heterocycles. The van der Waals surface area contributed by atoms with E-state index in [1.165, 1.54) is 49.8 Å². The first kappa shape index (κ1) is 21.7. The van der Waals surface area contributed by atoms with Gasteiger partial charge in [-0.3, -0.25) is 4.90 Å². The van der Waals surface area contributed by atoms with Gasteiger partial charge in [0.15, 0.2) is 0 Å². The maximum absolute atomic E-state index is 11.6. The zero-order chi connectivity index (χ0) is 21.8. The molecule has 1 aromatic heterocycles. The van der Waals surface area contributed by atoms with Gasteiger partial charge in [-0.2, -0.15) is 5.10 Å². The van der Waals surface area contributed by atoms with E-state index in [0.717, 1.165) is 30.0 Å². The Morgan fingerprint density at radius 3 is 2.35 bits per heavy atom. The molecule has 0 amide bonds. The molecule has 0 unspecified atom stereocenters. The Kier molecular flexibility index (Phi) is 6.55. The zero-order valence-electron chi connectivity index (χ0n) is 17.9.